The van der Waals surface area contributed by atoms with Crippen LogP contribution in [0.2, 0.25) is 0 Å². The Hall–Kier alpha value is -1.95. The molecule has 2 saturated heterocycles. The highest BCUT2D eigenvalue weighted by Crippen LogP contribution is 2.40. The summed E-state index contributed by atoms with van der Waals surface area (Å²) in [6.45, 7) is 5.07. The molecule has 0 saturated carbocycles. The third-order valence-electron chi connectivity index (χ3n) is 5.24. The number of nitrogens with one attached hydrogen (secondary N) is 1. The minimum atomic E-state index is -1.78. The molecule has 0 spiro atoms. The lowest BCUT2D eigenvalue weighted by molar-refractivity contribution is -0.138. The largest absolute Gasteiger partial charge is 0.481 e. The van der Waals surface area contributed by atoms with Gasteiger partial charge < -0.3 is 15.3 Å². The summed E-state index contributed by atoms with van der Waals surface area (Å²) in [6.07, 6.45) is 0.196. The molecule has 0 aliphatic carbocycles. The predicted molar refractivity (Wildman–Crippen MR) is 88.9 cm³/mol. The number of halogens is 1. The first-order chi connectivity index (χ1) is 11.2. The number of carboxylic acid groups (broad SMARTS) is 1. The van der Waals surface area contributed by atoms with Crippen LogP contribution < -0.4 is 10.2 Å². The third kappa shape index (κ3) is 2.79. The van der Waals surface area contributed by atoms with E-state index in [2.05, 4.69) is 5.32 Å². The number of aliphatic carboxylic acids is 1. The number of hydrogen-bond acceptors (Lipinski definition) is 3. The van der Waals surface area contributed by atoms with Crippen molar-refractivity contribution in [2.75, 3.05) is 24.5 Å². The number of rotatable bonds is 4. The number of alkyl halides is 1. The van der Waals surface area contributed by atoms with Crippen molar-refractivity contribution in [2.24, 2.45) is 5.92 Å². The van der Waals surface area contributed by atoms with Crippen LogP contribution in [0.1, 0.15) is 32.3 Å². The molecular weight excluding hydrogens is 311 g/mol. The molecule has 0 radical (unpaired) electrons. The highest BCUT2D eigenvalue weighted by Gasteiger charge is 2.56. The van der Waals surface area contributed by atoms with Gasteiger partial charge in [0.15, 0.2) is 5.67 Å². The number of anilines is 1. The van der Waals surface area contributed by atoms with Crippen LogP contribution in [0, 0.1) is 5.92 Å². The monoisotopic (exact) mass is 334 g/mol. The van der Waals surface area contributed by atoms with E-state index in [4.69, 9.17) is 5.11 Å². The lowest BCUT2D eigenvalue weighted by atomic mass is 9.81. The standard InChI is InChI=1S/C18H23FN2O3/c1-17(2,9-15(22)23)12-4-3-5-14(8-12)21-11-13-10-20-7-6-18(13,19)16(21)24/h3-5,8,13,20H,6-7,9-11H2,1-2H3,(H,22,23)/t13-,18+/m0/s1. The number of fused-ring (bicyclic) bond motifs is 1. The maximum atomic E-state index is 15.1. The third-order valence-corrected chi connectivity index (χ3v) is 5.24. The fourth-order valence-electron chi connectivity index (χ4n) is 3.73. The van der Waals surface area contributed by atoms with Crippen LogP contribution in [0.15, 0.2) is 24.3 Å². The molecule has 0 aromatic heterocycles. The number of hydrogen-bond donors (Lipinski definition) is 2. The summed E-state index contributed by atoms with van der Waals surface area (Å²) in [5.74, 6) is -1.68. The zero-order chi connectivity index (χ0) is 17.5. The minimum Gasteiger partial charge on any atom is -0.481 e. The summed E-state index contributed by atoms with van der Waals surface area (Å²) in [4.78, 5) is 25.2. The first-order valence-corrected chi connectivity index (χ1v) is 8.28. The molecule has 2 atom stereocenters. The molecule has 1 aromatic carbocycles. The van der Waals surface area contributed by atoms with E-state index in [0.29, 0.717) is 25.3 Å². The van der Waals surface area contributed by atoms with Crippen molar-refractivity contribution < 1.29 is 19.1 Å². The molecule has 2 fully saturated rings. The molecule has 2 N–H and O–H groups in total. The van der Waals surface area contributed by atoms with Crippen molar-refractivity contribution in [3.63, 3.8) is 0 Å². The minimum absolute atomic E-state index is 0.00993. The Kier molecular flexibility index (Phi) is 4.11. The Bertz CT molecular complexity index is 676. The van der Waals surface area contributed by atoms with Gasteiger partial charge in [-0.3, -0.25) is 9.59 Å². The number of carbonyl (C=O) groups is 2. The number of piperidine rings is 1. The second-order valence-electron chi connectivity index (χ2n) is 7.43. The zero-order valence-corrected chi connectivity index (χ0v) is 14.0. The molecule has 0 bridgehead atoms. The molecule has 3 rings (SSSR count). The Morgan fingerprint density at radius 3 is 2.92 bits per heavy atom. The lowest BCUT2D eigenvalue weighted by Gasteiger charge is -2.29. The van der Waals surface area contributed by atoms with Gasteiger partial charge in [0.2, 0.25) is 0 Å². The zero-order valence-electron chi connectivity index (χ0n) is 14.0. The van der Waals surface area contributed by atoms with Gasteiger partial charge in [0.05, 0.1) is 6.42 Å². The molecule has 1 aromatic rings. The van der Waals surface area contributed by atoms with E-state index in [1.165, 1.54) is 4.90 Å². The van der Waals surface area contributed by atoms with Gasteiger partial charge in [-0.05, 0) is 24.2 Å². The average molecular weight is 334 g/mol. The molecule has 2 aliphatic heterocycles. The van der Waals surface area contributed by atoms with Gasteiger partial charge >= 0.3 is 5.97 Å². The summed E-state index contributed by atoms with van der Waals surface area (Å²) < 4.78 is 15.1. The van der Waals surface area contributed by atoms with Crippen molar-refractivity contribution in [1.82, 2.24) is 5.32 Å². The van der Waals surface area contributed by atoms with Crippen LogP contribution in [-0.4, -0.2) is 42.3 Å². The van der Waals surface area contributed by atoms with Crippen LogP contribution in [-0.2, 0) is 15.0 Å². The quantitative estimate of drug-likeness (QED) is 0.885. The maximum Gasteiger partial charge on any atom is 0.304 e. The first-order valence-electron chi connectivity index (χ1n) is 8.28. The van der Waals surface area contributed by atoms with Crippen molar-refractivity contribution in [2.45, 2.75) is 37.8 Å². The number of benzene rings is 1. The molecule has 6 heteroatoms. The van der Waals surface area contributed by atoms with Crippen molar-refractivity contribution in [3.05, 3.63) is 29.8 Å². The second kappa shape index (κ2) is 5.84. The predicted octanol–water partition coefficient (Wildman–Crippen LogP) is 2.10. The van der Waals surface area contributed by atoms with Crippen LogP contribution in [0.5, 0.6) is 0 Å². The molecule has 24 heavy (non-hydrogen) atoms. The number of nitrogens with zero attached hydrogens (tertiary/aromatic N) is 1. The SMILES string of the molecule is CC(C)(CC(=O)O)c1cccc(N2C[C@@H]3CNCC[C@]3(F)C2=O)c1. The van der Waals surface area contributed by atoms with Gasteiger partial charge in [0, 0.05) is 36.5 Å². The van der Waals surface area contributed by atoms with E-state index >= 15 is 4.39 Å². The molecule has 2 aliphatic rings. The topological polar surface area (TPSA) is 69.6 Å². The summed E-state index contributed by atoms with van der Waals surface area (Å²) in [7, 11) is 0. The summed E-state index contributed by atoms with van der Waals surface area (Å²) in [6, 6.07) is 7.25. The first kappa shape index (κ1) is 16.9. The van der Waals surface area contributed by atoms with E-state index < -0.39 is 23.0 Å². The molecule has 1 amide bonds. The van der Waals surface area contributed by atoms with Crippen LogP contribution >= 0.6 is 0 Å². The van der Waals surface area contributed by atoms with Gasteiger partial charge in [0.1, 0.15) is 0 Å². The van der Waals surface area contributed by atoms with Crippen molar-refractivity contribution in [1.29, 1.82) is 0 Å². The fraction of sp³-hybridized carbons (Fsp3) is 0.556. The average Bonchev–Trinajstić information content (AvgIpc) is 2.78. The van der Waals surface area contributed by atoms with Crippen molar-refractivity contribution >= 4 is 17.6 Å². The second-order valence-corrected chi connectivity index (χ2v) is 7.43. The summed E-state index contributed by atoms with van der Waals surface area (Å²) >= 11 is 0. The maximum absolute atomic E-state index is 15.1. The summed E-state index contributed by atoms with van der Waals surface area (Å²) in [5, 5.41) is 12.2. The van der Waals surface area contributed by atoms with Gasteiger partial charge in [-0.2, -0.15) is 0 Å². The number of carboxylic acids is 1. The Balaban J connectivity index is 1.90. The van der Waals surface area contributed by atoms with E-state index in [1.807, 2.05) is 26.0 Å². The highest BCUT2D eigenvalue weighted by atomic mass is 19.1. The Morgan fingerprint density at radius 1 is 1.50 bits per heavy atom. The fourth-order valence-corrected chi connectivity index (χ4v) is 3.73. The molecule has 0 unspecified atom stereocenters. The normalized spacial score (nSPS) is 27.2. The highest BCUT2D eigenvalue weighted by molar-refractivity contribution is 6.02. The molecular formula is C18H23FN2O3. The van der Waals surface area contributed by atoms with Gasteiger partial charge in [0.25, 0.3) is 5.91 Å². The van der Waals surface area contributed by atoms with E-state index in [9.17, 15) is 9.59 Å². The molecule has 5 nitrogen and oxygen atoms in total. The van der Waals surface area contributed by atoms with Crippen molar-refractivity contribution in [3.8, 4) is 0 Å². The number of amides is 1. The van der Waals surface area contributed by atoms with Crippen LogP contribution in [0.4, 0.5) is 10.1 Å². The van der Waals surface area contributed by atoms with E-state index in [0.717, 1.165) is 5.56 Å². The molecule has 2 heterocycles. The number of carbonyl (C=O) groups excluding carboxylic acids is 1. The van der Waals surface area contributed by atoms with Gasteiger partial charge in [-0.1, -0.05) is 26.0 Å². The van der Waals surface area contributed by atoms with E-state index in [1.54, 1.807) is 12.1 Å². The van der Waals surface area contributed by atoms with Gasteiger partial charge in [-0.15, -0.1) is 0 Å². The van der Waals surface area contributed by atoms with Gasteiger partial charge in [-0.25, -0.2) is 4.39 Å². The van der Waals surface area contributed by atoms with E-state index in [-0.39, 0.29) is 18.8 Å². The molecule has 130 valence electrons. The Labute approximate surface area is 140 Å². The Morgan fingerprint density at radius 2 is 2.25 bits per heavy atom. The lowest BCUT2D eigenvalue weighted by Crippen LogP contribution is -2.49. The smallest absolute Gasteiger partial charge is 0.304 e. The van der Waals surface area contributed by atoms with Crippen LogP contribution in [0.3, 0.4) is 0 Å². The summed E-state index contributed by atoms with van der Waals surface area (Å²) in [5.41, 5.74) is -0.872. The van der Waals surface area contributed by atoms with Crippen LogP contribution in [0.25, 0.3) is 0 Å².